The SMILES string of the molecule is CN1CCN(c2ccc(NC(=O)c3cc4c(Sc5ccc(Cl)cc5Cl)cc(Cl)cc4[nH]3)cc2C#N)CC1. The highest BCUT2D eigenvalue weighted by Gasteiger charge is 2.19. The van der Waals surface area contributed by atoms with Crippen LogP contribution in [0.5, 0.6) is 0 Å². The van der Waals surface area contributed by atoms with Gasteiger partial charge in [0.1, 0.15) is 11.8 Å². The first-order valence-corrected chi connectivity index (χ1v) is 13.5. The molecule has 2 heterocycles. The molecule has 0 atom stereocenters. The molecule has 188 valence electrons. The summed E-state index contributed by atoms with van der Waals surface area (Å²) in [6.07, 6.45) is 0. The summed E-state index contributed by atoms with van der Waals surface area (Å²) in [6, 6.07) is 18.4. The zero-order chi connectivity index (χ0) is 26.1. The first kappa shape index (κ1) is 25.8. The van der Waals surface area contributed by atoms with E-state index in [-0.39, 0.29) is 5.91 Å². The number of nitriles is 1. The number of aromatic nitrogens is 1. The second-order valence-corrected chi connectivity index (χ2v) is 11.2. The van der Waals surface area contributed by atoms with E-state index in [0.717, 1.165) is 52.6 Å². The average molecular weight is 571 g/mol. The Morgan fingerprint density at radius 3 is 2.49 bits per heavy atom. The minimum atomic E-state index is -0.316. The number of H-pyrrole nitrogens is 1. The first-order valence-electron chi connectivity index (χ1n) is 11.5. The predicted octanol–water partition coefficient (Wildman–Crippen LogP) is 7.16. The van der Waals surface area contributed by atoms with E-state index in [0.29, 0.717) is 32.0 Å². The number of halogens is 3. The quantitative estimate of drug-likeness (QED) is 0.266. The van der Waals surface area contributed by atoms with E-state index in [1.807, 2.05) is 24.3 Å². The number of hydrogen-bond donors (Lipinski definition) is 2. The molecule has 0 unspecified atom stereocenters. The molecule has 4 aromatic rings. The Kier molecular flexibility index (Phi) is 7.57. The molecule has 2 N–H and O–H groups in total. The topological polar surface area (TPSA) is 75.2 Å². The van der Waals surface area contributed by atoms with Crippen LogP contribution in [0.3, 0.4) is 0 Å². The number of fused-ring (bicyclic) bond motifs is 1. The Hall–Kier alpha value is -2.86. The van der Waals surface area contributed by atoms with Crippen LogP contribution < -0.4 is 10.2 Å². The van der Waals surface area contributed by atoms with Gasteiger partial charge in [-0.05, 0) is 61.6 Å². The molecule has 1 aliphatic rings. The molecule has 1 saturated heterocycles. The maximum absolute atomic E-state index is 13.1. The van der Waals surface area contributed by atoms with Gasteiger partial charge in [-0.1, -0.05) is 46.6 Å². The molecule has 1 fully saturated rings. The summed E-state index contributed by atoms with van der Waals surface area (Å²) < 4.78 is 0. The highest BCUT2D eigenvalue weighted by molar-refractivity contribution is 7.99. The summed E-state index contributed by atoms with van der Waals surface area (Å²) in [5, 5.41) is 15.1. The third-order valence-corrected chi connectivity index (χ3v) is 8.25. The van der Waals surface area contributed by atoms with Gasteiger partial charge in [0, 0.05) is 62.6 Å². The van der Waals surface area contributed by atoms with Crippen molar-refractivity contribution in [3.63, 3.8) is 0 Å². The number of rotatable bonds is 5. The number of benzene rings is 3. The third kappa shape index (κ3) is 5.69. The highest BCUT2D eigenvalue weighted by atomic mass is 35.5. The van der Waals surface area contributed by atoms with Crippen molar-refractivity contribution in [1.82, 2.24) is 9.88 Å². The van der Waals surface area contributed by atoms with Gasteiger partial charge in [-0.25, -0.2) is 0 Å². The molecule has 1 aliphatic heterocycles. The van der Waals surface area contributed by atoms with Crippen LogP contribution in [-0.2, 0) is 0 Å². The van der Waals surface area contributed by atoms with Crippen molar-refractivity contribution in [2.24, 2.45) is 0 Å². The Bertz CT molecular complexity index is 1540. The lowest BCUT2D eigenvalue weighted by atomic mass is 10.1. The molecule has 5 rings (SSSR count). The van der Waals surface area contributed by atoms with E-state index < -0.39 is 0 Å². The predicted molar refractivity (Wildman–Crippen MR) is 153 cm³/mol. The van der Waals surface area contributed by atoms with Crippen LogP contribution in [0.15, 0.2) is 64.4 Å². The van der Waals surface area contributed by atoms with Crippen LogP contribution in [0.2, 0.25) is 15.1 Å². The van der Waals surface area contributed by atoms with Crippen molar-refractivity contribution in [3.05, 3.63) is 80.9 Å². The maximum atomic E-state index is 13.1. The van der Waals surface area contributed by atoms with Gasteiger partial charge in [-0.3, -0.25) is 4.79 Å². The van der Waals surface area contributed by atoms with Crippen molar-refractivity contribution < 1.29 is 4.79 Å². The number of carbonyl (C=O) groups is 1. The summed E-state index contributed by atoms with van der Waals surface area (Å²) in [5.74, 6) is -0.316. The molecule has 0 radical (unpaired) electrons. The van der Waals surface area contributed by atoms with Crippen molar-refractivity contribution in [1.29, 1.82) is 5.26 Å². The standard InChI is InChI=1S/C27H22Cl3N5OS/c1-34-6-8-35(9-7-34)24-4-3-19(10-16(24)15-31)32-27(36)23-14-20-22(33-23)12-18(29)13-26(20)37-25-5-2-17(28)11-21(25)30/h2-5,10-14,33H,6-9H2,1H3,(H,32,36). The molecule has 0 saturated carbocycles. The Labute approximate surface area is 234 Å². The summed E-state index contributed by atoms with van der Waals surface area (Å²) in [7, 11) is 2.09. The number of carbonyl (C=O) groups excluding carboxylic acids is 1. The van der Waals surface area contributed by atoms with Crippen molar-refractivity contribution in [2.45, 2.75) is 9.79 Å². The van der Waals surface area contributed by atoms with Crippen LogP contribution in [0.1, 0.15) is 16.1 Å². The number of piperazine rings is 1. The molecular formula is C27H22Cl3N5OS. The number of nitrogens with one attached hydrogen (secondary N) is 2. The van der Waals surface area contributed by atoms with Crippen LogP contribution in [0.25, 0.3) is 10.9 Å². The van der Waals surface area contributed by atoms with Gasteiger partial charge in [0.2, 0.25) is 0 Å². The lowest BCUT2D eigenvalue weighted by Crippen LogP contribution is -2.44. The van der Waals surface area contributed by atoms with Gasteiger partial charge < -0.3 is 20.1 Å². The Balaban J connectivity index is 1.39. The molecule has 1 amide bonds. The van der Waals surface area contributed by atoms with Crippen molar-refractivity contribution >= 4 is 74.7 Å². The number of anilines is 2. The van der Waals surface area contributed by atoms with Crippen LogP contribution >= 0.6 is 46.6 Å². The fraction of sp³-hybridized carbons (Fsp3) is 0.185. The number of hydrogen-bond acceptors (Lipinski definition) is 5. The van der Waals surface area contributed by atoms with Crippen LogP contribution in [0, 0.1) is 11.3 Å². The van der Waals surface area contributed by atoms with Crippen molar-refractivity contribution in [2.75, 3.05) is 43.4 Å². The van der Waals surface area contributed by atoms with Gasteiger partial charge in [0.25, 0.3) is 5.91 Å². The lowest BCUT2D eigenvalue weighted by molar-refractivity contribution is 0.102. The number of amides is 1. The summed E-state index contributed by atoms with van der Waals surface area (Å²) in [6.45, 7) is 3.60. The molecular weight excluding hydrogens is 549 g/mol. The van der Waals surface area contributed by atoms with Crippen LogP contribution in [-0.4, -0.2) is 49.0 Å². The zero-order valence-corrected chi connectivity index (χ0v) is 22.9. The molecule has 1 aromatic heterocycles. The number of nitrogens with zero attached hydrogens (tertiary/aromatic N) is 3. The van der Waals surface area contributed by atoms with E-state index in [9.17, 15) is 10.1 Å². The molecule has 0 spiro atoms. The fourth-order valence-corrected chi connectivity index (χ4v) is 6.08. The van der Waals surface area contributed by atoms with E-state index >= 15 is 0 Å². The van der Waals surface area contributed by atoms with E-state index in [4.69, 9.17) is 34.8 Å². The second-order valence-electron chi connectivity index (χ2n) is 8.81. The molecule has 10 heteroatoms. The molecule has 3 aromatic carbocycles. The van der Waals surface area contributed by atoms with E-state index in [2.05, 4.69) is 33.2 Å². The summed E-state index contributed by atoms with van der Waals surface area (Å²) >= 11 is 20.2. The molecule has 0 aliphatic carbocycles. The van der Waals surface area contributed by atoms with E-state index in [1.165, 1.54) is 11.8 Å². The first-order chi connectivity index (χ1) is 17.8. The van der Waals surface area contributed by atoms with Gasteiger partial charge >= 0.3 is 0 Å². The fourth-order valence-electron chi connectivity index (χ4n) is 4.28. The number of likely N-dealkylation sites (N-methyl/N-ethyl adjacent to an activating group) is 1. The summed E-state index contributed by atoms with van der Waals surface area (Å²) in [4.78, 5) is 22.4. The Morgan fingerprint density at radius 2 is 1.76 bits per heavy atom. The average Bonchev–Trinajstić information content (AvgIpc) is 3.30. The third-order valence-electron chi connectivity index (χ3n) is 6.24. The molecule has 0 bridgehead atoms. The normalized spacial score (nSPS) is 14.1. The summed E-state index contributed by atoms with van der Waals surface area (Å²) in [5.41, 5.74) is 3.08. The lowest BCUT2D eigenvalue weighted by Gasteiger charge is -2.34. The van der Waals surface area contributed by atoms with Gasteiger partial charge in [-0.2, -0.15) is 5.26 Å². The van der Waals surface area contributed by atoms with Gasteiger partial charge in [0.05, 0.1) is 16.3 Å². The smallest absolute Gasteiger partial charge is 0.272 e. The second kappa shape index (κ2) is 10.9. The minimum Gasteiger partial charge on any atom is -0.368 e. The molecule has 6 nitrogen and oxygen atoms in total. The van der Waals surface area contributed by atoms with E-state index in [1.54, 1.807) is 30.3 Å². The number of aromatic amines is 1. The Morgan fingerprint density at radius 1 is 0.973 bits per heavy atom. The van der Waals surface area contributed by atoms with Crippen LogP contribution in [0.4, 0.5) is 11.4 Å². The maximum Gasteiger partial charge on any atom is 0.272 e. The largest absolute Gasteiger partial charge is 0.368 e. The van der Waals surface area contributed by atoms with Crippen molar-refractivity contribution in [3.8, 4) is 6.07 Å². The molecule has 37 heavy (non-hydrogen) atoms. The monoisotopic (exact) mass is 569 g/mol. The zero-order valence-electron chi connectivity index (χ0n) is 19.8. The highest BCUT2D eigenvalue weighted by Crippen LogP contribution is 2.40. The van der Waals surface area contributed by atoms with Gasteiger partial charge in [0.15, 0.2) is 0 Å². The van der Waals surface area contributed by atoms with Gasteiger partial charge in [-0.15, -0.1) is 0 Å². The minimum absolute atomic E-state index is 0.316.